The van der Waals surface area contributed by atoms with E-state index in [1.807, 2.05) is 6.26 Å². The van der Waals surface area contributed by atoms with E-state index in [-0.39, 0.29) is 0 Å². The molecule has 1 heteroatoms. The van der Waals surface area contributed by atoms with Crippen molar-refractivity contribution in [3.05, 3.63) is 18.8 Å². The van der Waals surface area contributed by atoms with Gasteiger partial charge in [0.05, 0.1) is 12.9 Å². The lowest BCUT2D eigenvalue weighted by molar-refractivity contribution is 0.179. The minimum absolute atomic E-state index is 0.778. The molecular formula is C15H27O. The lowest BCUT2D eigenvalue weighted by atomic mass is 9.98. The molecular weight excluding hydrogens is 196 g/mol. The first kappa shape index (κ1) is 13.6. The molecule has 16 heavy (non-hydrogen) atoms. The predicted molar refractivity (Wildman–Crippen MR) is 70.1 cm³/mol. The van der Waals surface area contributed by atoms with Crippen molar-refractivity contribution < 1.29 is 4.74 Å². The fourth-order valence-corrected chi connectivity index (χ4v) is 2.20. The molecule has 1 radical (unpaired) electrons. The molecule has 1 atom stereocenters. The van der Waals surface area contributed by atoms with Gasteiger partial charge in [0.25, 0.3) is 0 Å². The number of allylic oxidation sites excluding steroid dienone is 1. The first-order chi connectivity index (χ1) is 7.93. The maximum absolute atomic E-state index is 5.62. The van der Waals surface area contributed by atoms with Gasteiger partial charge in [-0.2, -0.15) is 0 Å². The van der Waals surface area contributed by atoms with E-state index < -0.39 is 0 Å². The van der Waals surface area contributed by atoms with Crippen molar-refractivity contribution in [2.75, 3.05) is 6.61 Å². The Hall–Kier alpha value is -0.460. The molecule has 1 fully saturated rings. The summed E-state index contributed by atoms with van der Waals surface area (Å²) < 4.78 is 5.62. The van der Waals surface area contributed by atoms with E-state index >= 15 is 0 Å². The quantitative estimate of drug-likeness (QED) is 0.603. The molecule has 0 amide bonds. The van der Waals surface area contributed by atoms with E-state index in [4.69, 9.17) is 4.74 Å². The van der Waals surface area contributed by atoms with Gasteiger partial charge in [0.2, 0.25) is 0 Å². The van der Waals surface area contributed by atoms with Crippen LogP contribution in [0.3, 0.4) is 0 Å². The molecule has 1 aliphatic carbocycles. The Kier molecular flexibility index (Phi) is 8.28. The number of hydrogen-bond acceptors (Lipinski definition) is 1. The molecule has 0 aromatic heterocycles. The third-order valence-corrected chi connectivity index (χ3v) is 3.28. The molecule has 0 aromatic rings. The van der Waals surface area contributed by atoms with Crippen LogP contribution in [0.1, 0.15) is 64.7 Å². The predicted octanol–water partition coefficient (Wildman–Crippen LogP) is 4.88. The van der Waals surface area contributed by atoms with Gasteiger partial charge >= 0.3 is 0 Å². The molecule has 0 aromatic carbocycles. The summed E-state index contributed by atoms with van der Waals surface area (Å²) >= 11 is 0. The highest BCUT2D eigenvalue weighted by Gasteiger charge is 2.10. The van der Waals surface area contributed by atoms with Crippen LogP contribution < -0.4 is 0 Å². The van der Waals surface area contributed by atoms with Crippen molar-refractivity contribution in [3.8, 4) is 0 Å². The zero-order valence-corrected chi connectivity index (χ0v) is 10.8. The van der Waals surface area contributed by atoms with Gasteiger partial charge in [0.15, 0.2) is 0 Å². The largest absolute Gasteiger partial charge is 0.501 e. The van der Waals surface area contributed by atoms with Gasteiger partial charge in [-0.15, -0.1) is 0 Å². The van der Waals surface area contributed by atoms with Crippen LogP contribution in [-0.4, -0.2) is 6.61 Å². The maximum atomic E-state index is 5.62. The van der Waals surface area contributed by atoms with Crippen LogP contribution in [0, 0.1) is 12.3 Å². The van der Waals surface area contributed by atoms with Gasteiger partial charge in [-0.25, -0.2) is 0 Å². The van der Waals surface area contributed by atoms with Gasteiger partial charge < -0.3 is 4.74 Å². The zero-order valence-electron chi connectivity index (χ0n) is 10.8. The second kappa shape index (κ2) is 9.74. The molecule has 0 saturated heterocycles. The van der Waals surface area contributed by atoms with E-state index in [0.717, 1.165) is 18.9 Å². The summed E-state index contributed by atoms with van der Waals surface area (Å²) in [6.07, 6.45) is 18.3. The summed E-state index contributed by atoms with van der Waals surface area (Å²) in [7, 11) is 0. The molecule has 1 aliphatic rings. The highest BCUT2D eigenvalue weighted by atomic mass is 16.5. The minimum atomic E-state index is 0.778. The highest BCUT2D eigenvalue weighted by Crippen LogP contribution is 2.21. The number of ether oxygens (including phenoxy) is 1. The summed E-state index contributed by atoms with van der Waals surface area (Å²) in [5, 5.41) is 0. The van der Waals surface area contributed by atoms with Crippen molar-refractivity contribution in [2.24, 2.45) is 5.92 Å². The second-order valence-electron chi connectivity index (χ2n) is 4.86. The average Bonchev–Trinajstić information content (AvgIpc) is 2.42. The van der Waals surface area contributed by atoms with E-state index in [2.05, 4.69) is 19.4 Å². The average molecular weight is 223 g/mol. The van der Waals surface area contributed by atoms with Crippen LogP contribution in [0.5, 0.6) is 0 Å². The van der Waals surface area contributed by atoms with Gasteiger partial charge in [-0.3, -0.25) is 0 Å². The Bertz CT molecular complexity index is 164. The van der Waals surface area contributed by atoms with E-state index in [1.54, 1.807) is 0 Å². The van der Waals surface area contributed by atoms with Gasteiger partial charge in [0.1, 0.15) is 0 Å². The summed E-state index contributed by atoms with van der Waals surface area (Å²) in [5.74, 6) is 0.778. The molecule has 0 bridgehead atoms. The molecule has 1 rings (SSSR count). The summed E-state index contributed by atoms with van der Waals surface area (Å²) in [6.45, 7) is 3.12. The Morgan fingerprint density at radius 1 is 1.19 bits per heavy atom. The third-order valence-electron chi connectivity index (χ3n) is 3.28. The van der Waals surface area contributed by atoms with Crippen molar-refractivity contribution >= 4 is 0 Å². The van der Waals surface area contributed by atoms with Gasteiger partial charge in [-0.1, -0.05) is 39.0 Å². The number of rotatable bonds is 5. The molecule has 0 N–H and O–H groups in total. The number of hydrogen-bond donors (Lipinski definition) is 0. The van der Waals surface area contributed by atoms with Crippen LogP contribution in [0.2, 0.25) is 0 Å². The standard InChI is InChI=1S/C15H27O/c1-2-3-10-13-16-14-15-11-8-6-4-5-7-9-12-15/h6,10,13,15H,2-5,7-9,11-12,14H2,1H3. The summed E-state index contributed by atoms with van der Waals surface area (Å²) in [6, 6.07) is 0. The van der Waals surface area contributed by atoms with Crippen LogP contribution in [0.4, 0.5) is 0 Å². The van der Waals surface area contributed by atoms with Crippen LogP contribution in [-0.2, 0) is 4.74 Å². The second-order valence-corrected chi connectivity index (χ2v) is 4.86. The first-order valence-corrected chi connectivity index (χ1v) is 7.01. The van der Waals surface area contributed by atoms with E-state index in [1.165, 1.54) is 51.4 Å². The lowest BCUT2D eigenvalue weighted by Crippen LogP contribution is -2.07. The number of unbranched alkanes of at least 4 members (excludes halogenated alkanes) is 1. The van der Waals surface area contributed by atoms with Crippen LogP contribution in [0.25, 0.3) is 0 Å². The van der Waals surface area contributed by atoms with Crippen LogP contribution >= 0.6 is 0 Å². The highest BCUT2D eigenvalue weighted by molar-refractivity contribution is 4.75. The van der Waals surface area contributed by atoms with Crippen molar-refractivity contribution in [1.82, 2.24) is 0 Å². The Balaban J connectivity index is 2.12. The van der Waals surface area contributed by atoms with E-state index in [9.17, 15) is 0 Å². The van der Waals surface area contributed by atoms with Crippen molar-refractivity contribution in [3.63, 3.8) is 0 Å². The van der Waals surface area contributed by atoms with Crippen molar-refractivity contribution in [2.45, 2.75) is 64.7 Å². The van der Waals surface area contributed by atoms with Gasteiger partial charge in [0, 0.05) is 0 Å². The summed E-state index contributed by atoms with van der Waals surface area (Å²) in [5.41, 5.74) is 0. The molecule has 0 spiro atoms. The Morgan fingerprint density at radius 2 is 2.12 bits per heavy atom. The summed E-state index contributed by atoms with van der Waals surface area (Å²) in [4.78, 5) is 0. The van der Waals surface area contributed by atoms with Crippen LogP contribution in [0.15, 0.2) is 12.3 Å². The molecule has 0 aliphatic heterocycles. The molecule has 93 valence electrons. The monoisotopic (exact) mass is 223 g/mol. The molecule has 1 nitrogen and oxygen atoms in total. The molecule has 0 heterocycles. The van der Waals surface area contributed by atoms with E-state index in [0.29, 0.717) is 0 Å². The third kappa shape index (κ3) is 6.92. The Morgan fingerprint density at radius 3 is 3.00 bits per heavy atom. The zero-order chi connectivity index (χ0) is 11.5. The smallest absolute Gasteiger partial charge is 0.0901 e. The fraction of sp³-hybridized carbons (Fsp3) is 0.800. The Labute approximate surface area is 101 Å². The first-order valence-electron chi connectivity index (χ1n) is 7.01. The van der Waals surface area contributed by atoms with Gasteiger partial charge in [-0.05, 0) is 44.1 Å². The van der Waals surface area contributed by atoms with Crippen molar-refractivity contribution in [1.29, 1.82) is 0 Å². The normalized spacial score (nSPS) is 20.3. The topological polar surface area (TPSA) is 9.23 Å². The molecule has 1 unspecified atom stereocenters. The lowest BCUT2D eigenvalue weighted by Gasteiger charge is -2.14. The SMILES string of the molecule is CCCC=COCC1CC[CH]CCCCC1. The molecule has 1 saturated carbocycles. The maximum Gasteiger partial charge on any atom is 0.0901 e. The minimum Gasteiger partial charge on any atom is -0.501 e. The fourth-order valence-electron chi connectivity index (χ4n) is 2.20.